The lowest BCUT2D eigenvalue weighted by atomic mass is 10.2. The zero-order valence-electron chi connectivity index (χ0n) is 11.1. The van der Waals surface area contributed by atoms with Gasteiger partial charge in [-0.25, -0.2) is 9.97 Å². The molecule has 0 saturated heterocycles. The van der Waals surface area contributed by atoms with Crippen LogP contribution in [0.2, 0.25) is 0 Å². The van der Waals surface area contributed by atoms with Crippen molar-refractivity contribution in [1.82, 2.24) is 14.5 Å². The molecule has 0 spiro atoms. The summed E-state index contributed by atoms with van der Waals surface area (Å²) in [6, 6.07) is 8.64. The second kappa shape index (κ2) is 5.54. The lowest BCUT2D eigenvalue weighted by Gasteiger charge is -2.09. The highest BCUT2D eigenvalue weighted by Crippen LogP contribution is 2.28. The molecule has 2 aromatic heterocycles. The van der Waals surface area contributed by atoms with Crippen LogP contribution in [0.4, 0.5) is 5.69 Å². The predicted octanol–water partition coefficient (Wildman–Crippen LogP) is 2.29. The van der Waals surface area contributed by atoms with Gasteiger partial charge in [-0.3, -0.25) is 4.57 Å². The van der Waals surface area contributed by atoms with Crippen molar-refractivity contribution in [2.45, 2.75) is 6.54 Å². The standard InChI is InChI=1S/C15H14N4O2/c20-13-3-1-2-11(15(13)21)8-17-12-4-5-14(18-9-12)19-7-6-16-10-19/h1-7,9-10,17,20-21H,8H2. The highest BCUT2D eigenvalue weighted by atomic mass is 16.3. The normalized spacial score (nSPS) is 10.5. The van der Waals surface area contributed by atoms with E-state index in [1.807, 2.05) is 22.9 Å². The Morgan fingerprint density at radius 2 is 2.05 bits per heavy atom. The first-order chi connectivity index (χ1) is 10.2. The van der Waals surface area contributed by atoms with Gasteiger partial charge < -0.3 is 15.5 Å². The molecule has 21 heavy (non-hydrogen) atoms. The highest BCUT2D eigenvalue weighted by Gasteiger charge is 2.05. The molecule has 3 aromatic rings. The van der Waals surface area contributed by atoms with E-state index in [2.05, 4.69) is 15.3 Å². The predicted molar refractivity (Wildman–Crippen MR) is 78.5 cm³/mol. The van der Waals surface area contributed by atoms with Crippen molar-refractivity contribution in [3.05, 3.63) is 60.8 Å². The van der Waals surface area contributed by atoms with Crippen LogP contribution >= 0.6 is 0 Å². The lowest BCUT2D eigenvalue weighted by molar-refractivity contribution is 0.400. The molecule has 3 rings (SSSR count). The van der Waals surface area contributed by atoms with Gasteiger partial charge in [-0.2, -0.15) is 0 Å². The number of phenolic OH excluding ortho intramolecular Hbond substituents is 2. The van der Waals surface area contributed by atoms with Crippen molar-refractivity contribution in [3.63, 3.8) is 0 Å². The molecule has 0 unspecified atom stereocenters. The summed E-state index contributed by atoms with van der Waals surface area (Å²) in [6.07, 6.45) is 6.90. The summed E-state index contributed by atoms with van der Waals surface area (Å²) < 4.78 is 1.81. The SMILES string of the molecule is Oc1cccc(CNc2ccc(-n3ccnc3)nc2)c1O. The maximum absolute atomic E-state index is 9.73. The summed E-state index contributed by atoms with van der Waals surface area (Å²) in [5.74, 6) is 0.550. The Balaban J connectivity index is 1.70. The largest absolute Gasteiger partial charge is 0.504 e. The number of aromatic hydroxyl groups is 2. The third kappa shape index (κ3) is 2.79. The van der Waals surface area contributed by atoms with Crippen LogP contribution in [0.3, 0.4) is 0 Å². The Bertz CT molecular complexity index is 724. The van der Waals surface area contributed by atoms with Gasteiger partial charge in [-0.1, -0.05) is 12.1 Å². The lowest BCUT2D eigenvalue weighted by Crippen LogP contribution is -2.01. The van der Waals surface area contributed by atoms with Crippen molar-refractivity contribution in [1.29, 1.82) is 0 Å². The fourth-order valence-corrected chi connectivity index (χ4v) is 1.96. The van der Waals surface area contributed by atoms with Crippen molar-refractivity contribution in [3.8, 4) is 17.3 Å². The fraction of sp³-hybridized carbons (Fsp3) is 0.0667. The van der Waals surface area contributed by atoms with Crippen LogP contribution in [0.1, 0.15) is 5.56 Å². The molecule has 0 atom stereocenters. The van der Waals surface area contributed by atoms with Gasteiger partial charge in [0, 0.05) is 24.5 Å². The second-order valence-corrected chi connectivity index (χ2v) is 4.51. The van der Waals surface area contributed by atoms with Gasteiger partial charge in [-0.05, 0) is 18.2 Å². The third-order valence-corrected chi connectivity index (χ3v) is 3.10. The number of benzene rings is 1. The van der Waals surface area contributed by atoms with Crippen molar-refractivity contribution < 1.29 is 10.2 Å². The molecular weight excluding hydrogens is 268 g/mol. The fourth-order valence-electron chi connectivity index (χ4n) is 1.96. The number of nitrogens with one attached hydrogen (secondary N) is 1. The van der Waals surface area contributed by atoms with Gasteiger partial charge in [-0.15, -0.1) is 0 Å². The molecule has 0 bridgehead atoms. The summed E-state index contributed by atoms with van der Waals surface area (Å²) in [5, 5.41) is 22.3. The average Bonchev–Trinajstić information content (AvgIpc) is 3.04. The van der Waals surface area contributed by atoms with Gasteiger partial charge in [0.1, 0.15) is 12.1 Å². The summed E-state index contributed by atoms with van der Waals surface area (Å²) in [5.41, 5.74) is 1.44. The summed E-state index contributed by atoms with van der Waals surface area (Å²) in [7, 11) is 0. The molecule has 1 aromatic carbocycles. The Hall–Kier alpha value is -3.02. The van der Waals surface area contributed by atoms with E-state index in [-0.39, 0.29) is 11.5 Å². The molecule has 0 aliphatic rings. The van der Waals surface area contributed by atoms with Gasteiger partial charge in [0.2, 0.25) is 0 Å². The molecule has 0 aliphatic carbocycles. The zero-order chi connectivity index (χ0) is 14.7. The number of hydrogen-bond donors (Lipinski definition) is 3. The number of para-hydroxylation sites is 1. The maximum atomic E-state index is 9.73. The van der Waals surface area contributed by atoms with Gasteiger partial charge in [0.05, 0.1) is 11.9 Å². The molecule has 6 heteroatoms. The smallest absolute Gasteiger partial charge is 0.162 e. The molecule has 3 N–H and O–H groups in total. The molecular formula is C15H14N4O2. The molecule has 0 saturated carbocycles. The molecule has 0 radical (unpaired) electrons. The van der Waals surface area contributed by atoms with Crippen molar-refractivity contribution in [2.24, 2.45) is 0 Å². The Kier molecular flexibility index (Phi) is 3.42. The summed E-state index contributed by atoms with van der Waals surface area (Å²) in [6.45, 7) is 0.395. The van der Waals surface area contributed by atoms with Crippen LogP contribution in [-0.4, -0.2) is 24.7 Å². The number of rotatable bonds is 4. The van der Waals surface area contributed by atoms with Crippen LogP contribution in [0.5, 0.6) is 11.5 Å². The van der Waals surface area contributed by atoms with Crippen LogP contribution in [0.25, 0.3) is 5.82 Å². The Labute approximate surface area is 121 Å². The number of anilines is 1. The van der Waals surface area contributed by atoms with Crippen molar-refractivity contribution >= 4 is 5.69 Å². The van der Waals surface area contributed by atoms with Gasteiger partial charge in [0.25, 0.3) is 0 Å². The van der Waals surface area contributed by atoms with Gasteiger partial charge in [0.15, 0.2) is 11.5 Å². The number of phenols is 2. The number of aromatic nitrogens is 3. The first kappa shape index (κ1) is 13.0. The minimum atomic E-state index is -0.122. The monoisotopic (exact) mass is 282 g/mol. The molecule has 2 heterocycles. The minimum Gasteiger partial charge on any atom is -0.504 e. The minimum absolute atomic E-state index is 0.104. The molecule has 0 amide bonds. The zero-order valence-corrected chi connectivity index (χ0v) is 11.1. The number of imidazole rings is 1. The number of pyridine rings is 1. The first-order valence-corrected chi connectivity index (χ1v) is 6.42. The summed E-state index contributed by atoms with van der Waals surface area (Å²) in [4.78, 5) is 8.29. The first-order valence-electron chi connectivity index (χ1n) is 6.42. The maximum Gasteiger partial charge on any atom is 0.162 e. The van der Waals surface area contributed by atoms with E-state index in [0.717, 1.165) is 11.5 Å². The molecule has 0 aliphatic heterocycles. The summed E-state index contributed by atoms with van der Waals surface area (Å²) >= 11 is 0. The molecule has 106 valence electrons. The second-order valence-electron chi connectivity index (χ2n) is 4.51. The van der Waals surface area contributed by atoms with E-state index in [1.54, 1.807) is 30.9 Å². The third-order valence-electron chi connectivity index (χ3n) is 3.10. The van der Waals surface area contributed by atoms with Gasteiger partial charge >= 0.3 is 0 Å². The van der Waals surface area contributed by atoms with E-state index in [4.69, 9.17) is 0 Å². The van der Waals surface area contributed by atoms with E-state index < -0.39 is 0 Å². The molecule has 6 nitrogen and oxygen atoms in total. The quantitative estimate of drug-likeness (QED) is 0.639. The van der Waals surface area contributed by atoms with Crippen LogP contribution < -0.4 is 5.32 Å². The van der Waals surface area contributed by atoms with E-state index >= 15 is 0 Å². The average molecular weight is 282 g/mol. The number of nitrogens with zero attached hydrogens (tertiary/aromatic N) is 3. The van der Waals surface area contributed by atoms with Crippen LogP contribution in [-0.2, 0) is 6.54 Å². The Morgan fingerprint density at radius 1 is 1.14 bits per heavy atom. The van der Waals surface area contributed by atoms with E-state index in [1.165, 1.54) is 6.07 Å². The topological polar surface area (TPSA) is 83.2 Å². The van der Waals surface area contributed by atoms with Crippen LogP contribution in [0.15, 0.2) is 55.2 Å². The molecule has 0 fully saturated rings. The Morgan fingerprint density at radius 3 is 2.76 bits per heavy atom. The number of hydrogen-bond acceptors (Lipinski definition) is 5. The van der Waals surface area contributed by atoms with E-state index in [0.29, 0.717) is 12.1 Å². The highest BCUT2D eigenvalue weighted by molar-refractivity contribution is 5.48. The van der Waals surface area contributed by atoms with Crippen molar-refractivity contribution in [2.75, 3.05) is 5.32 Å². The van der Waals surface area contributed by atoms with Crippen LogP contribution in [0, 0.1) is 0 Å². The van der Waals surface area contributed by atoms with E-state index in [9.17, 15) is 10.2 Å².